The molecule has 1 aromatic heterocycles. The van der Waals surface area contributed by atoms with Gasteiger partial charge in [0.2, 0.25) is 0 Å². The van der Waals surface area contributed by atoms with Crippen molar-refractivity contribution in [1.82, 2.24) is 10.3 Å². The van der Waals surface area contributed by atoms with Crippen LogP contribution in [0.1, 0.15) is 12.8 Å². The van der Waals surface area contributed by atoms with Crippen molar-refractivity contribution in [2.75, 3.05) is 18.0 Å². The van der Waals surface area contributed by atoms with Crippen LogP contribution in [0.3, 0.4) is 0 Å². The highest BCUT2D eigenvalue weighted by Gasteiger charge is 2.23. The van der Waals surface area contributed by atoms with Gasteiger partial charge in [-0.15, -0.1) is 0 Å². The molecule has 7 heteroatoms. The Balaban J connectivity index is 1.97. The van der Waals surface area contributed by atoms with Gasteiger partial charge in [0.1, 0.15) is 5.52 Å². The maximum absolute atomic E-state index is 14.0. The number of halogens is 2. The van der Waals surface area contributed by atoms with Crippen LogP contribution in [0.25, 0.3) is 10.9 Å². The van der Waals surface area contributed by atoms with Crippen molar-refractivity contribution >= 4 is 38.6 Å². The summed E-state index contributed by atoms with van der Waals surface area (Å²) in [4.78, 5) is 17.0. The second-order valence-corrected chi connectivity index (χ2v) is 6.26. The molecule has 3 rings (SSSR count). The van der Waals surface area contributed by atoms with Crippen molar-refractivity contribution in [1.29, 1.82) is 0 Å². The van der Waals surface area contributed by atoms with E-state index in [0.29, 0.717) is 16.5 Å². The summed E-state index contributed by atoms with van der Waals surface area (Å²) in [6, 6.07) is 4.96. The van der Waals surface area contributed by atoms with Crippen LogP contribution < -0.4 is 10.2 Å². The molecule has 1 fully saturated rings. The maximum atomic E-state index is 14.0. The molecule has 0 bridgehead atoms. The highest BCUT2D eigenvalue weighted by molar-refractivity contribution is 9.10. The standard InChI is InChI=1S/C15H15BrFN3O2/c16-9-6-11-13(3-4-18-14(11)12(17)7-9)20-5-1-2-10(8-20)19-15(21)22/h3-4,6-7,10,19H,1-2,5,8H2,(H,21,22)/t10-/m1/s1. The van der Waals surface area contributed by atoms with E-state index < -0.39 is 6.09 Å². The second kappa shape index (κ2) is 6.08. The summed E-state index contributed by atoms with van der Waals surface area (Å²) in [5.74, 6) is -0.372. The maximum Gasteiger partial charge on any atom is 0.404 e. The van der Waals surface area contributed by atoms with Crippen LogP contribution in [0.2, 0.25) is 0 Å². The lowest BCUT2D eigenvalue weighted by molar-refractivity contribution is 0.188. The molecule has 0 saturated carbocycles. The molecule has 2 aromatic rings. The lowest BCUT2D eigenvalue weighted by Crippen LogP contribution is -2.47. The highest BCUT2D eigenvalue weighted by atomic mass is 79.9. The first-order valence-corrected chi connectivity index (χ1v) is 7.82. The Bertz CT molecular complexity index is 725. The molecule has 0 aliphatic carbocycles. The number of rotatable bonds is 2. The number of hydrogen-bond acceptors (Lipinski definition) is 3. The van der Waals surface area contributed by atoms with Crippen molar-refractivity contribution in [3.8, 4) is 0 Å². The lowest BCUT2D eigenvalue weighted by atomic mass is 10.0. The Morgan fingerprint density at radius 2 is 2.32 bits per heavy atom. The molecule has 116 valence electrons. The molecule has 1 aliphatic rings. The van der Waals surface area contributed by atoms with Crippen LogP contribution in [0.5, 0.6) is 0 Å². The minimum Gasteiger partial charge on any atom is -0.465 e. The molecule has 2 heterocycles. The minimum atomic E-state index is -1.01. The van der Waals surface area contributed by atoms with Crippen LogP contribution in [0.4, 0.5) is 14.9 Å². The minimum absolute atomic E-state index is 0.119. The van der Waals surface area contributed by atoms with Crippen LogP contribution >= 0.6 is 15.9 Å². The third-order valence-electron chi connectivity index (χ3n) is 3.83. The van der Waals surface area contributed by atoms with Gasteiger partial charge in [0.15, 0.2) is 5.82 Å². The Kier molecular flexibility index (Phi) is 4.15. The number of benzene rings is 1. The average molecular weight is 368 g/mol. The number of amides is 1. The molecule has 1 aromatic carbocycles. The first-order chi connectivity index (χ1) is 10.5. The average Bonchev–Trinajstić information content (AvgIpc) is 2.46. The summed E-state index contributed by atoms with van der Waals surface area (Å²) in [5.41, 5.74) is 1.20. The molecule has 2 N–H and O–H groups in total. The zero-order valence-electron chi connectivity index (χ0n) is 11.7. The van der Waals surface area contributed by atoms with Gasteiger partial charge in [-0.3, -0.25) is 4.98 Å². The Morgan fingerprint density at radius 3 is 3.09 bits per heavy atom. The fraction of sp³-hybridized carbons (Fsp3) is 0.333. The van der Waals surface area contributed by atoms with E-state index in [4.69, 9.17) is 5.11 Å². The Labute approximate surface area is 135 Å². The van der Waals surface area contributed by atoms with Crippen molar-refractivity contribution < 1.29 is 14.3 Å². The fourth-order valence-corrected chi connectivity index (χ4v) is 3.36. The van der Waals surface area contributed by atoms with Crippen molar-refractivity contribution in [3.05, 3.63) is 34.7 Å². The Hall–Kier alpha value is -1.89. The zero-order valence-corrected chi connectivity index (χ0v) is 13.3. The van der Waals surface area contributed by atoms with Crippen LogP contribution in [0.15, 0.2) is 28.9 Å². The van der Waals surface area contributed by atoms with E-state index >= 15 is 0 Å². The van der Waals surface area contributed by atoms with Crippen LogP contribution in [0, 0.1) is 5.82 Å². The summed E-state index contributed by atoms with van der Waals surface area (Å²) in [5, 5.41) is 12.1. The quantitative estimate of drug-likeness (QED) is 0.853. The zero-order chi connectivity index (χ0) is 15.7. The van der Waals surface area contributed by atoms with Gasteiger partial charge >= 0.3 is 6.09 Å². The number of aromatic nitrogens is 1. The summed E-state index contributed by atoms with van der Waals surface area (Å²) >= 11 is 3.31. The predicted molar refractivity (Wildman–Crippen MR) is 85.8 cm³/mol. The van der Waals surface area contributed by atoms with Crippen molar-refractivity contribution in [3.63, 3.8) is 0 Å². The number of hydrogen-bond donors (Lipinski definition) is 2. The SMILES string of the molecule is O=C(O)N[C@@H]1CCCN(c2ccnc3c(F)cc(Br)cc23)C1. The molecule has 0 radical (unpaired) electrons. The van der Waals surface area contributed by atoms with Gasteiger partial charge in [-0.1, -0.05) is 15.9 Å². The highest BCUT2D eigenvalue weighted by Crippen LogP contribution is 2.31. The van der Waals surface area contributed by atoms with E-state index in [2.05, 4.69) is 31.1 Å². The number of pyridine rings is 1. The largest absolute Gasteiger partial charge is 0.465 e. The third-order valence-corrected chi connectivity index (χ3v) is 4.29. The number of nitrogens with zero attached hydrogens (tertiary/aromatic N) is 2. The third kappa shape index (κ3) is 2.99. The molecule has 0 unspecified atom stereocenters. The van der Waals surface area contributed by atoms with Crippen LogP contribution in [-0.2, 0) is 0 Å². The van der Waals surface area contributed by atoms with Gasteiger partial charge in [0.25, 0.3) is 0 Å². The van der Waals surface area contributed by atoms with E-state index in [1.165, 1.54) is 6.07 Å². The van der Waals surface area contributed by atoms with Gasteiger partial charge < -0.3 is 15.3 Å². The van der Waals surface area contributed by atoms with Crippen molar-refractivity contribution in [2.45, 2.75) is 18.9 Å². The molecule has 5 nitrogen and oxygen atoms in total. The molecule has 0 spiro atoms. The summed E-state index contributed by atoms with van der Waals surface area (Å²) in [6.07, 6.45) is 2.26. The first-order valence-electron chi connectivity index (χ1n) is 7.03. The molecule has 1 saturated heterocycles. The van der Waals surface area contributed by atoms with Crippen molar-refractivity contribution in [2.24, 2.45) is 0 Å². The monoisotopic (exact) mass is 367 g/mol. The number of nitrogens with one attached hydrogen (secondary N) is 1. The van der Waals surface area contributed by atoms with Gasteiger partial charge in [-0.05, 0) is 31.0 Å². The smallest absolute Gasteiger partial charge is 0.404 e. The summed E-state index contributed by atoms with van der Waals surface area (Å²) in [6.45, 7) is 1.38. The summed E-state index contributed by atoms with van der Waals surface area (Å²) in [7, 11) is 0. The number of carbonyl (C=O) groups is 1. The number of carboxylic acid groups (broad SMARTS) is 1. The lowest BCUT2D eigenvalue weighted by Gasteiger charge is -2.34. The number of anilines is 1. The Morgan fingerprint density at radius 1 is 1.50 bits per heavy atom. The van der Waals surface area contributed by atoms with Crippen LogP contribution in [-0.4, -0.2) is 35.3 Å². The normalized spacial score (nSPS) is 18.5. The van der Waals surface area contributed by atoms with Gasteiger partial charge in [0, 0.05) is 40.9 Å². The van der Waals surface area contributed by atoms with Gasteiger partial charge in [0.05, 0.1) is 0 Å². The van der Waals surface area contributed by atoms with Gasteiger partial charge in [-0.25, -0.2) is 9.18 Å². The molecule has 1 aliphatic heterocycles. The number of piperidine rings is 1. The molecular weight excluding hydrogens is 353 g/mol. The predicted octanol–water partition coefficient (Wildman–Crippen LogP) is 3.37. The summed E-state index contributed by atoms with van der Waals surface area (Å²) < 4.78 is 14.7. The molecule has 22 heavy (non-hydrogen) atoms. The molecular formula is C15H15BrFN3O2. The van der Waals surface area contributed by atoms with E-state index in [1.807, 2.05) is 12.1 Å². The van der Waals surface area contributed by atoms with E-state index in [9.17, 15) is 9.18 Å². The molecule has 1 atom stereocenters. The van der Waals surface area contributed by atoms with Gasteiger partial charge in [-0.2, -0.15) is 0 Å². The second-order valence-electron chi connectivity index (χ2n) is 5.35. The first kappa shape index (κ1) is 15.0. The van der Waals surface area contributed by atoms with E-state index in [-0.39, 0.29) is 11.9 Å². The van der Waals surface area contributed by atoms with E-state index in [1.54, 1.807) is 6.20 Å². The van der Waals surface area contributed by atoms with E-state index in [0.717, 1.165) is 30.5 Å². The fourth-order valence-electron chi connectivity index (χ4n) is 2.93. The number of fused-ring (bicyclic) bond motifs is 1. The molecule has 1 amide bonds. The topological polar surface area (TPSA) is 65.5 Å².